The molecule has 0 saturated carbocycles. The molecule has 0 aliphatic carbocycles. The highest BCUT2D eigenvalue weighted by molar-refractivity contribution is 14.1. The number of thiazole rings is 1. The highest BCUT2D eigenvalue weighted by Crippen LogP contribution is 2.16. The number of nitrogens with one attached hydrogen (secondary N) is 1. The quantitative estimate of drug-likeness (QED) is 0.839. The third-order valence-corrected chi connectivity index (χ3v) is 4.23. The molecule has 1 heterocycles. The molecule has 90 valence electrons. The molecular formula is C13H15IN2S. The predicted molar refractivity (Wildman–Crippen MR) is 81.3 cm³/mol. The highest BCUT2D eigenvalue weighted by atomic mass is 127. The Labute approximate surface area is 120 Å². The van der Waals surface area contributed by atoms with Crippen LogP contribution in [0.3, 0.4) is 0 Å². The van der Waals surface area contributed by atoms with Crippen LogP contribution in [-0.2, 0) is 6.54 Å². The number of rotatable bonds is 4. The minimum atomic E-state index is 0.358. The van der Waals surface area contributed by atoms with Crippen LogP contribution in [0.2, 0.25) is 0 Å². The molecule has 0 amide bonds. The summed E-state index contributed by atoms with van der Waals surface area (Å²) in [5.41, 5.74) is 1.32. The van der Waals surface area contributed by atoms with Crippen molar-refractivity contribution in [3.8, 4) is 0 Å². The smallest absolute Gasteiger partial charge is 0.107 e. The maximum Gasteiger partial charge on any atom is 0.107 e. The van der Waals surface area contributed by atoms with Crippen LogP contribution < -0.4 is 5.32 Å². The molecule has 17 heavy (non-hydrogen) atoms. The zero-order valence-electron chi connectivity index (χ0n) is 9.90. The van der Waals surface area contributed by atoms with Gasteiger partial charge in [-0.15, -0.1) is 11.3 Å². The largest absolute Gasteiger partial charge is 0.304 e. The summed E-state index contributed by atoms with van der Waals surface area (Å²) in [5.74, 6) is 0. The highest BCUT2D eigenvalue weighted by Gasteiger charge is 2.05. The van der Waals surface area contributed by atoms with Crippen molar-refractivity contribution in [1.82, 2.24) is 10.3 Å². The van der Waals surface area contributed by atoms with Gasteiger partial charge in [0.2, 0.25) is 0 Å². The molecule has 0 bridgehead atoms. The maximum absolute atomic E-state index is 4.35. The summed E-state index contributed by atoms with van der Waals surface area (Å²) < 4.78 is 1.27. The molecule has 2 rings (SSSR count). The van der Waals surface area contributed by atoms with E-state index >= 15 is 0 Å². The van der Waals surface area contributed by atoms with Crippen LogP contribution >= 0.6 is 33.9 Å². The van der Waals surface area contributed by atoms with Crippen LogP contribution in [-0.4, -0.2) is 4.98 Å². The number of benzene rings is 1. The summed E-state index contributed by atoms with van der Waals surface area (Å²) in [6.07, 6.45) is 1.93. The Hall–Kier alpha value is -0.460. The molecule has 0 radical (unpaired) electrons. The lowest BCUT2D eigenvalue weighted by Crippen LogP contribution is -2.17. The average molecular weight is 358 g/mol. The van der Waals surface area contributed by atoms with Gasteiger partial charge in [0, 0.05) is 27.2 Å². The van der Waals surface area contributed by atoms with Gasteiger partial charge in [0.15, 0.2) is 0 Å². The zero-order chi connectivity index (χ0) is 12.3. The Morgan fingerprint density at radius 1 is 1.35 bits per heavy atom. The van der Waals surface area contributed by atoms with Crippen molar-refractivity contribution in [3.05, 3.63) is 49.5 Å². The van der Waals surface area contributed by atoms with Crippen molar-refractivity contribution in [1.29, 1.82) is 0 Å². The van der Waals surface area contributed by atoms with Gasteiger partial charge in [-0.05, 0) is 54.1 Å². The molecule has 0 saturated heterocycles. The lowest BCUT2D eigenvalue weighted by Gasteiger charge is -2.13. The Balaban J connectivity index is 1.93. The summed E-state index contributed by atoms with van der Waals surface area (Å²) in [5, 5.41) is 4.65. The molecule has 1 N–H and O–H groups in total. The van der Waals surface area contributed by atoms with E-state index in [-0.39, 0.29) is 0 Å². The van der Waals surface area contributed by atoms with Gasteiger partial charge >= 0.3 is 0 Å². The van der Waals surface area contributed by atoms with E-state index in [1.54, 1.807) is 11.3 Å². The zero-order valence-corrected chi connectivity index (χ0v) is 12.9. The van der Waals surface area contributed by atoms with Gasteiger partial charge in [0.05, 0.1) is 0 Å². The summed E-state index contributed by atoms with van der Waals surface area (Å²) in [6.45, 7) is 5.11. The first-order chi connectivity index (χ1) is 8.15. The monoisotopic (exact) mass is 358 g/mol. The predicted octanol–water partition coefficient (Wildman–Crippen LogP) is 3.91. The minimum absolute atomic E-state index is 0.358. The van der Waals surface area contributed by atoms with Crippen LogP contribution in [0.4, 0.5) is 0 Å². The van der Waals surface area contributed by atoms with Crippen molar-refractivity contribution in [3.63, 3.8) is 0 Å². The molecule has 1 aromatic carbocycles. The van der Waals surface area contributed by atoms with Crippen molar-refractivity contribution in [2.24, 2.45) is 0 Å². The van der Waals surface area contributed by atoms with E-state index in [1.807, 2.05) is 6.20 Å². The summed E-state index contributed by atoms with van der Waals surface area (Å²) in [4.78, 5) is 5.62. The first kappa shape index (κ1) is 13.0. The summed E-state index contributed by atoms with van der Waals surface area (Å²) >= 11 is 4.08. The molecular weight excluding hydrogens is 343 g/mol. The second kappa shape index (κ2) is 5.93. The van der Waals surface area contributed by atoms with E-state index in [0.29, 0.717) is 6.04 Å². The van der Waals surface area contributed by atoms with Crippen molar-refractivity contribution in [2.75, 3.05) is 0 Å². The third kappa shape index (κ3) is 3.76. The first-order valence-corrected chi connectivity index (χ1v) is 7.45. The Kier molecular flexibility index (Phi) is 4.53. The number of aryl methyl sites for hydroxylation is 1. The number of hydrogen-bond donors (Lipinski definition) is 1. The van der Waals surface area contributed by atoms with Gasteiger partial charge in [0.1, 0.15) is 5.01 Å². The Morgan fingerprint density at radius 3 is 2.65 bits per heavy atom. The normalized spacial score (nSPS) is 12.6. The van der Waals surface area contributed by atoms with Gasteiger partial charge in [0.25, 0.3) is 0 Å². The fourth-order valence-corrected chi connectivity index (χ4v) is 2.69. The SMILES string of the molecule is Cc1cnc(CNC(C)c2ccc(I)cc2)s1. The maximum atomic E-state index is 4.35. The number of nitrogens with zero attached hydrogens (tertiary/aromatic N) is 1. The molecule has 1 aromatic heterocycles. The topological polar surface area (TPSA) is 24.9 Å². The molecule has 0 aliphatic heterocycles. The molecule has 0 spiro atoms. The van der Waals surface area contributed by atoms with Crippen LogP contribution in [0, 0.1) is 10.5 Å². The lowest BCUT2D eigenvalue weighted by atomic mass is 10.1. The summed E-state index contributed by atoms with van der Waals surface area (Å²) in [6, 6.07) is 8.98. The first-order valence-electron chi connectivity index (χ1n) is 5.55. The number of hydrogen-bond acceptors (Lipinski definition) is 3. The van der Waals surface area contributed by atoms with E-state index < -0.39 is 0 Å². The Morgan fingerprint density at radius 2 is 2.06 bits per heavy atom. The van der Waals surface area contributed by atoms with E-state index in [2.05, 4.69) is 71.0 Å². The van der Waals surface area contributed by atoms with E-state index in [0.717, 1.165) is 11.6 Å². The van der Waals surface area contributed by atoms with Crippen LogP contribution in [0.25, 0.3) is 0 Å². The van der Waals surface area contributed by atoms with Gasteiger partial charge in [-0.3, -0.25) is 0 Å². The van der Waals surface area contributed by atoms with Crippen LogP contribution in [0.5, 0.6) is 0 Å². The third-order valence-electron chi connectivity index (χ3n) is 2.60. The average Bonchev–Trinajstić information content (AvgIpc) is 2.73. The fraction of sp³-hybridized carbons (Fsp3) is 0.308. The van der Waals surface area contributed by atoms with Crippen LogP contribution in [0.1, 0.15) is 28.4 Å². The fourth-order valence-electron chi connectivity index (χ4n) is 1.59. The van der Waals surface area contributed by atoms with Gasteiger partial charge in [-0.2, -0.15) is 0 Å². The van der Waals surface area contributed by atoms with E-state index in [4.69, 9.17) is 0 Å². The van der Waals surface area contributed by atoms with Crippen molar-refractivity contribution in [2.45, 2.75) is 26.4 Å². The standard InChI is InChI=1S/C13H15IN2S/c1-9-7-16-13(17-9)8-15-10(2)11-3-5-12(14)6-4-11/h3-7,10,15H,8H2,1-2H3. The molecule has 0 fully saturated rings. The number of aromatic nitrogens is 1. The Bertz CT molecular complexity index is 478. The molecule has 4 heteroatoms. The van der Waals surface area contributed by atoms with Gasteiger partial charge in [-0.1, -0.05) is 12.1 Å². The molecule has 0 aliphatic rings. The van der Waals surface area contributed by atoms with E-state index in [1.165, 1.54) is 14.0 Å². The van der Waals surface area contributed by atoms with Crippen molar-refractivity contribution >= 4 is 33.9 Å². The van der Waals surface area contributed by atoms with Gasteiger partial charge < -0.3 is 5.32 Å². The number of halogens is 1. The molecule has 1 atom stereocenters. The summed E-state index contributed by atoms with van der Waals surface area (Å²) in [7, 11) is 0. The van der Waals surface area contributed by atoms with E-state index in [9.17, 15) is 0 Å². The molecule has 2 aromatic rings. The van der Waals surface area contributed by atoms with Gasteiger partial charge in [-0.25, -0.2) is 4.98 Å². The minimum Gasteiger partial charge on any atom is -0.304 e. The second-order valence-corrected chi connectivity index (χ2v) is 6.58. The van der Waals surface area contributed by atoms with Crippen LogP contribution in [0.15, 0.2) is 30.5 Å². The van der Waals surface area contributed by atoms with Crippen molar-refractivity contribution < 1.29 is 0 Å². The second-order valence-electron chi connectivity index (χ2n) is 4.02. The lowest BCUT2D eigenvalue weighted by molar-refractivity contribution is 0.573. The molecule has 2 nitrogen and oxygen atoms in total. The molecule has 1 unspecified atom stereocenters.